The van der Waals surface area contributed by atoms with Crippen LogP contribution >= 0.6 is 0 Å². The fourth-order valence-corrected chi connectivity index (χ4v) is 8.15. The number of carbonyl (C=O) groups excluding carboxylic acids is 2. The summed E-state index contributed by atoms with van der Waals surface area (Å²) in [5.41, 5.74) is 0. The van der Waals surface area contributed by atoms with Crippen LogP contribution in [0.5, 0.6) is 0 Å². The number of aliphatic hydroxyl groups excluding tert-OH is 7. The van der Waals surface area contributed by atoms with Crippen molar-refractivity contribution in [2.24, 2.45) is 0 Å². The van der Waals surface area contributed by atoms with E-state index in [9.17, 15) is 45.3 Å². The Morgan fingerprint density at radius 1 is 0.464 bits per heavy atom. The van der Waals surface area contributed by atoms with E-state index in [2.05, 4.69) is 56.4 Å². The lowest BCUT2D eigenvalue weighted by atomic mass is 9.98. The average Bonchev–Trinajstić information content (AvgIpc) is 3.34. The molecule has 0 aromatic heterocycles. The molecule has 2 rings (SSSR count). The van der Waals surface area contributed by atoms with E-state index in [1.807, 2.05) is 6.08 Å². The van der Waals surface area contributed by atoms with Crippen molar-refractivity contribution >= 4 is 11.9 Å². The van der Waals surface area contributed by atoms with E-state index in [1.165, 1.54) is 96.3 Å². The molecular formula is C54H94O15. The fourth-order valence-electron chi connectivity index (χ4n) is 8.15. The number of carbonyl (C=O) groups is 2. The highest BCUT2D eigenvalue weighted by atomic mass is 16.7. The van der Waals surface area contributed by atoms with Gasteiger partial charge in [0.1, 0.15) is 55.4 Å². The fraction of sp³-hybridized carbons (Fsp3) is 0.815. The Kier molecular flexibility index (Phi) is 37.2. The number of allylic oxidation sites excluding steroid dienone is 8. The molecule has 0 aromatic carbocycles. The third-order valence-electron chi connectivity index (χ3n) is 12.6. The number of ether oxygens (including phenoxy) is 6. The first-order valence-electron chi connectivity index (χ1n) is 26.7. The minimum atomic E-state index is -1.77. The van der Waals surface area contributed by atoms with Gasteiger partial charge >= 0.3 is 11.9 Å². The van der Waals surface area contributed by atoms with Gasteiger partial charge in [-0.1, -0.05) is 172 Å². The second-order valence-corrected chi connectivity index (χ2v) is 18.7. The number of aliphatic hydroxyl groups is 7. The van der Waals surface area contributed by atoms with Gasteiger partial charge in [-0.25, -0.2) is 0 Å². The van der Waals surface area contributed by atoms with E-state index in [1.54, 1.807) is 0 Å². The van der Waals surface area contributed by atoms with Gasteiger partial charge in [0.25, 0.3) is 0 Å². The van der Waals surface area contributed by atoms with Crippen molar-refractivity contribution < 1.29 is 73.8 Å². The summed E-state index contributed by atoms with van der Waals surface area (Å²) < 4.78 is 33.5. The zero-order valence-corrected chi connectivity index (χ0v) is 42.3. The maximum absolute atomic E-state index is 13.0. The molecule has 2 aliphatic heterocycles. The van der Waals surface area contributed by atoms with E-state index in [0.717, 1.165) is 44.9 Å². The maximum atomic E-state index is 13.0. The summed E-state index contributed by atoms with van der Waals surface area (Å²) in [4.78, 5) is 25.7. The van der Waals surface area contributed by atoms with Crippen LogP contribution in [0, 0.1) is 0 Å². The smallest absolute Gasteiger partial charge is 0.306 e. The zero-order valence-electron chi connectivity index (χ0n) is 42.3. The standard InChI is InChI=1S/C54H94O15/c1-3-5-7-9-11-13-15-17-18-19-20-21-22-23-24-25-27-28-30-32-34-36-45(56)64-39-42(67-46(57)37-35-33-31-29-26-16-14-12-10-8-6-4-2)40-65-53-52(63)50(61)48(59)44(69-53)41-66-54-51(62)49(60)47(58)43(38-55)68-54/h18-19,21-22,24-25,28,30,42-44,47-55,58-63H,3-17,20,23,26-27,29,31-41H2,1-2H3/b19-18+,22-21+,25-24+,30-28+/t42-,43+,44+,47-,48-,49?,50?,51?,52?,53+,54+/m0/s1. The molecular weight excluding hydrogens is 889 g/mol. The molecule has 15 heteroatoms. The first-order chi connectivity index (χ1) is 33.5. The Balaban J connectivity index is 1.80. The Hall–Kier alpha value is -2.54. The van der Waals surface area contributed by atoms with Crippen LogP contribution in [-0.4, -0.2) is 142 Å². The summed E-state index contributed by atoms with van der Waals surface area (Å²) in [5.74, 6) is -0.988. The van der Waals surface area contributed by atoms with Crippen molar-refractivity contribution in [3.05, 3.63) is 48.6 Å². The van der Waals surface area contributed by atoms with Gasteiger partial charge in [0.15, 0.2) is 18.7 Å². The Labute approximate surface area is 414 Å². The van der Waals surface area contributed by atoms with Gasteiger partial charge in [-0.3, -0.25) is 9.59 Å². The van der Waals surface area contributed by atoms with E-state index in [0.29, 0.717) is 19.3 Å². The predicted octanol–water partition coefficient (Wildman–Crippen LogP) is 7.88. The number of hydrogen-bond donors (Lipinski definition) is 7. The highest BCUT2D eigenvalue weighted by Gasteiger charge is 2.47. The highest BCUT2D eigenvalue weighted by Crippen LogP contribution is 2.26. The quantitative estimate of drug-likeness (QED) is 0.0176. The molecule has 0 aromatic rings. The minimum Gasteiger partial charge on any atom is -0.462 e. The van der Waals surface area contributed by atoms with Crippen molar-refractivity contribution in [3.8, 4) is 0 Å². The molecule has 0 aliphatic carbocycles. The largest absolute Gasteiger partial charge is 0.462 e. The molecule has 11 atom stereocenters. The lowest BCUT2D eigenvalue weighted by Gasteiger charge is -2.42. The third kappa shape index (κ3) is 28.9. The summed E-state index contributed by atoms with van der Waals surface area (Å²) in [6, 6.07) is 0. The number of rotatable bonds is 41. The van der Waals surface area contributed by atoms with Gasteiger partial charge in [-0.05, 0) is 51.4 Å². The van der Waals surface area contributed by atoms with Crippen LogP contribution in [-0.2, 0) is 38.0 Å². The lowest BCUT2D eigenvalue weighted by Crippen LogP contribution is -2.61. The molecule has 0 radical (unpaired) electrons. The molecule has 69 heavy (non-hydrogen) atoms. The lowest BCUT2D eigenvalue weighted by molar-refractivity contribution is -0.332. The molecule has 4 unspecified atom stereocenters. The number of esters is 2. The van der Waals surface area contributed by atoms with Gasteiger partial charge in [-0.2, -0.15) is 0 Å². The third-order valence-corrected chi connectivity index (χ3v) is 12.6. The molecule has 2 saturated heterocycles. The molecule has 0 saturated carbocycles. The van der Waals surface area contributed by atoms with Crippen LogP contribution in [0.1, 0.15) is 187 Å². The summed E-state index contributed by atoms with van der Waals surface area (Å²) in [5, 5.41) is 72.1. The number of hydrogen-bond acceptors (Lipinski definition) is 15. The molecule has 7 N–H and O–H groups in total. The molecule has 0 amide bonds. The average molecular weight is 983 g/mol. The summed E-state index contributed by atoms with van der Waals surface area (Å²) in [6.07, 6.45) is 28.7. The van der Waals surface area contributed by atoms with Crippen molar-refractivity contribution in [3.63, 3.8) is 0 Å². The van der Waals surface area contributed by atoms with Crippen LogP contribution < -0.4 is 0 Å². The van der Waals surface area contributed by atoms with Crippen LogP contribution in [0.15, 0.2) is 48.6 Å². The van der Waals surface area contributed by atoms with Gasteiger partial charge in [0.2, 0.25) is 0 Å². The van der Waals surface area contributed by atoms with E-state index >= 15 is 0 Å². The molecule has 0 bridgehead atoms. The van der Waals surface area contributed by atoms with E-state index in [4.69, 9.17) is 28.4 Å². The van der Waals surface area contributed by atoms with Crippen molar-refractivity contribution in [2.75, 3.05) is 26.4 Å². The second kappa shape index (κ2) is 41.0. The zero-order chi connectivity index (χ0) is 50.3. The SMILES string of the molecule is CCCCCCCCC/C=C/C/C=C/C/C=C/C/C=C/CCCC(=O)OC[C@@H](CO[C@@H]1O[C@H](CO[C@@H]2O[C@H](CO)[C@H](O)C(O)C2O)[C@H](O)C(O)C1O)OC(=O)CCCCCCCCCCCCCC. The monoisotopic (exact) mass is 983 g/mol. The first-order valence-corrected chi connectivity index (χ1v) is 26.7. The van der Waals surface area contributed by atoms with Crippen LogP contribution in [0.4, 0.5) is 0 Å². The summed E-state index contributed by atoms with van der Waals surface area (Å²) >= 11 is 0. The van der Waals surface area contributed by atoms with Gasteiger partial charge in [0, 0.05) is 12.8 Å². The molecule has 400 valence electrons. The van der Waals surface area contributed by atoms with Gasteiger partial charge < -0.3 is 64.2 Å². The topological polar surface area (TPSA) is 231 Å². The molecule has 2 fully saturated rings. The van der Waals surface area contributed by atoms with Crippen LogP contribution in [0.3, 0.4) is 0 Å². The van der Waals surface area contributed by atoms with Crippen molar-refractivity contribution in [1.82, 2.24) is 0 Å². The highest BCUT2D eigenvalue weighted by molar-refractivity contribution is 5.70. The Bertz CT molecular complexity index is 1390. The number of unbranched alkanes of at least 4 members (excludes halogenated alkanes) is 19. The summed E-state index contributed by atoms with van der Waals surface area (Å²) in [6.45, 7) is 2.53. The Morgan fingerprint density at radius 3 is 1.41 bits per heavy atom. The molecule has 2 aliphatic rings. The van der Waals surface area contributed by atoms with Crippen LogP contribution in [0.25, 0.3) is 0 Å². The molecule has 15 nitrogen and oxygen atoms in total. The van der Waals surface area contributed by atoms with Crippen molar-refractivity contribution in [1.29, 1.82) is 0 Å². The normalized spacial score (nSPS) is 25.9. The molecule has 0 spiro atoms. The minimum absolute atomic E-state index is 0.142. The first kappa shape index (κ1) is 62.6. The van der Waals surface area contributed by atoms with Crippen LogP contribution in [0.2, 0.25) is 0 Å². The van der Waals surface area contributed by atoms with E-state index in [-0.39, 0.29) is 19.4 Å². The summed E-state index contributed by atoms with van der Waals surface area (Å²) in [7, 11) is 0. The van der Waals surface area contributed by atoms with Crippen molar-refractivity contribution in [2.45, 2.75) is 255 Å². The Morgan fingerprint density at radius 2 is 0.884 bits per heavy atom. The van der Waals surface area contributed by atoms with E-state index < -0.39 is 99.3 Å². The van der Waals surface area contributed by atoms with Gasteiger partial charge in [0.05, 0.1) is 19.8 Å². The predicted molar refractivity (Wildman–Crippen MR) is 266 cm³/mol. The molecule has 2 heterocycles. The maximum Gasteiger partial charge on any atom is 0.306 e. The van der Waals surface area contributed by atoms with Gasteiger partial charge in [-0.15, -0.1) is 0 Å². The second-order valence-electron chi connectivity index (χ2n) is 18.7.